The summed E-state index contributed by atoms with van der Waals surface area (Å²) in [5, 5.41) is 5.08. The number of hydrogen-bond acceptors (Lipinski definition) is 9. The maximum absolute atomic E-state index is 12.1. The molecule has 3 aliphatic heterocycles. The van der Waals surface area contributed by atoms with Gasteiger partial charge in [-0.2, -0.15) is 0 Å². The van der Waals surface area contributed by atoms with Crippen molar-refractivity contribution in [2.24, 2.45) is 5.73 Å². The zero-order valence-corrected chi connectivity index (χ0v) is 15.0. The normalized spacial score (nSPS) is 29.2. The molecule has 24 heavy (non-hydrogen) atoms. The number of carbonyl (C=O) groups is 2. The van der Waals surface area contributed by atoms with Gasteiger partial charge in [-0.15, -0.1) is 0 Å². The van der Waals surface area contributed by atoms with Crippen molar-refractivity contribution in [3.05, 3.63) is 23.0 Å². The molecule has 0 aliphatic carbocycles. The van der Waals surface area contributed by atoms with E-state index in [1.54, 1.807) is 0 Å². The molecule has 0 bridgehead atoms. The number of amides is 2. The summed E-state index contributed by atoms with van der Waals surface area (Å²) in [6.07, 6.45) is 3.49. The Morgan fingerprint density at radius 2 is 1.71 bits per heavy atom. The Balaban J connectivity index is 0.000000198. The lowest BCUT2D eigenvalue weighted by atomic mass is 10.3. The number of ether oxygens (including phenoxy) is 1. The fourth-order valence-corrected chi connectivity index (χ4v) is 5.56. The van der Waals surface area contributed by atoms with E-state index in [0.29, 0.717) is 12.8 Å². The van der Waals surface area contributed by atoms with E-state index in [0.717, 1.165) is 0 Å². The third kappa shape index (κ3) is 5.14. The second-order valence-electron chi connectivity index (χ2n) is 4.93. The summed E-state index contributed by atoms with van der Waals surface area (Å²) in [6.45, 7) is 0.189. The van der Waals surface area contributed by atoms with Crippen LogP contribution in [0.2, 0.25) is 0 Å². The molecule has 0 spiro atoms. The van der Waals surface area contributed by atoms with Crippen LogP contribution in [0.1, 0.15) is 12.8 Å². The Bertz CT molecular complexity index is 607. The SMILES string of the molecule is NC(=O)C1CNC(=O)O1.O=S(=O)(C1CC=CSN1)C1CC=CSN1. The Morgan fingerprint density at radius 3 is 2.00 bits per heavy atom. The lowest BCUT2D eigenvalue weighted by molar-refractivity contribution is -0.124. The van der Waals surface area contributed by atoms with Crippen LogP contribution in [0.4, 0.5) is 4.79 Å². The second kappa shape index (κ2) is 8.76. The van der Waals surface area contributed by atoms with Crippen molar-refractivity contribution < 1.29 is 22.7 Å². The largest absolute Gasteiger partial charge is 0.434 e. The van der Waals surface area contributed by atoms with Crippen LogP contribution in [-0.2, 0) is 19.4 Å². The van der Waals surface area contributed by atoms with Gasteiger partial charge in [0.05, 0.1) is 6.54 Å². The number of sulfone groups is 1. The van der Waals surface area contributed by atoms with Gasteiger partial charge in [0.1, 0.15) is 10.7 Å². The van der Waals surface area contributed by atoms with E-state index in [1.165, 1.54) is 23.9 Å². The lowest BCUT2D eigenvalue weighted by Crippen LogP contribution is -2.44. The fourth-order valence-electron chi connectivity index (χ4n) is 1.93. The van der Waals surface area contributed by atoms with Gasteiger partial charge < -0.3 is 15.8 Å². The molecule has 3 heterocycles. The molecule has 0 aromatic rings. The van der Waals surface area contributed by atoms with E-state index >= 15 is 0 Å². The van der Waals surface area contributed by atoms with Crippen LogP contribution in [0.3, 0.4) is 0 Å². The number of nitrogens with two attached hydrogens (primary N) is 1. The summed E-state index contributed by atoms with van der Waals surface area (Å²) in [6, 6.07) is 0. The Hall–Kier alpha value is -1.21. The number of alkyl carbamates (subject to hydrolysis) is 1. The second-order valence-corrected chi connectivity index (χ2v) is 8.73. The van der Waals surface area contributed by atoms with Gasteiger partial charge in [-0.05, 0) is 23.7 Å². The van der Waals surface area contributed by atoms with E-state index < -0.39 is 38.7 Å². The molecule has 3 unspecified atom stereocenters. The summed E-state index contributed by atoms with van der Waals surface area (Å²) >= 11 is 2.66. The molecule has 3 rings (SSSR count). The topological polar surface area (TPSA) is 140 Å². The number of hydrogen-bond donors (Lipinski definition) is 4. The minimum atomic E-state index is -3.15. The standard InChI is InChI=1S/C8H12N2O2S3.C4H6N2O3/c11-15(12,7-3-1-5-13-9-7)8-4-2-6-14-10-8;5-3(7)2-1-6-4(8)9-2/h1-2,5-10H,3-4H2;2H,1H2,(H2,5,7)(H,6,8). The zero-order valence-electron chi connectivity index (χ0n) is 12.5. The zero-order chi connectivity index (χ0) is 17.6. The van der Waals surface area contributed by atoms with Crippen molar-refractivity contribution in [3.63, 3.8) is 0 Å². The number of rotatable bonds is 3. The average molecular weight is 395 g/mol. The molecule has 12 heteroatoms. The minimum Gasteiger partial charge on any atom is -0.434 e. The lowest BCUT2D eigenvalue weighted by Gasteiger charge is -2.26. The van der Waals surface area contributed by atoms with Crippen LogP contribution >= 0.6 is 23.9 Å². The Kier molecular flexibility index (Phi) is 6.98. The van der Waals surface area contributed by atoms with Crippen LogP contribution < -0.4 is 20.5 Å². The molecule has 5 N–H and O–H groups in total. The van der Waals surface area contributed by atoms with Crippen LogP contribution in [-0.4, -0.2) is 43.8 Å². The summed E-state index contributed by atoms with van der Waals surface area (Å²) in [5.74, 6) is -0.617. The van der Waals surface area contributed by atoms with Gasteiger partial charge in [0.2, 0.25) is 0 Å². The first-order valence-electron chi connectivity index (χ1n) is 7.00. The van der Waals surface area contributed by atoms with Crippen LogP contribution in [0.5, 0.6) is 0 Å². The Labute approximate surface area is 148 Å². The van der Waals surface area contributed by atoms with E-state index in [2.05, 4.69) is 19.5 Å². The summed E-state index contributed by atoms with van der Waals surface area (Å²) < 4.78 is 34.5. The van der Waals surface area contributed by atoms with Gasteiger partial charge in [0.15, 0.2) is 15.9 Å². The molecule has 134 valence electrons. The first kappa shape index (κ1) is 19.1. The van der Waals surface area contributed by atoms with Crippen LogP contribution in [0, 0.1) is 0 Å². The first-order valence-corrected chi connectivity index (χ1v) is 10.4. The molecule has 3 aliphatic rings. The molecule has 2 amide bonds. The van der Waals surface area contributed by atoms with Crippen molar-refractivity contribution >= 4 is 45.7 Å². The third-order valence-corrected chi connectivity index (χ3v) is 7.22. The van der Waals surface area contributed by atoms with Gasteiger partial charge in [-0.25, -0.2) is 22.7 Å². The highest BCUT2D eigenvalue weighted by Crippen LogP contribution is 2.23. The minimum absolute atomic E-state index is 0.189. The van der Waals surface area contributed by atoms with Crippen LogP contribution in [0.25, 0.3) is 0 Å². The Morgan fingerprint density at radius 1 is 1.17 bits per heavy atom. The molecule has 0 aromatic carbocycles. The maximum Gasteiger partial charge on any atom is 0.408 e. The molecule has 0 saturated carbocycles. The first-order chi connectivity index (χ1) is 11.4. The monoisotopic (exact) mass is 394 g/mol. The van der Waals surface area contributed by atoms with Crippen molar-refractivity contribution in [3.8, 4) is 0 Å². The van der Waals surface area contributed by atoms with E-state index in [1.807, 2.05) is 23.0 Å². The average Bonchev–Trinajstić information content (AvgIpc) is 3.04. The molecule has 9 nitrogen and oxygen atoms in total. The highest BCUT2D eigenvalue weighted by Gasteiger charge is 2.34. The molecular weight excluding hydrogens is 376 g/mol. The predicted molar refractivity (Wildman–Crippen MR) is 92.9 cm³/mol. The van der Waals surface area contributed by atoms with Crippen molar-refractivity contribution in [2.45, 2.75) is 29.7 Å². The van der Waals surface area contributed by atoms with Gasteiger partial charge in [0, 0.05) is 0 Å². The molecule has 0 radical (unpaired) electrons. The number of primary amides is 1. The molecule has 1 fully saturated rings. The van der Waals surface area contributed by atoms with Crippen molar-refractivity contribution in [1.29, 1.82) is 0 Å². The summed E-state index contributed by atoms with van der Waals surface area (Å²) in [5.41, 5.74) is 4.80. The van der Waals surface area contributed by atoms with Crippen molar-refractivity contribution in [1.82, 2.24) is 14.8 Å². The third-order valence-electron chi connectivity index (χ3n) is 3.22. The quantitative estimate of drug-likeness (QED) is 0.485. The molecule has 0 aromatic heterocycles. The van der Waals surface area contributed by atoms with Gasteiger partial charge in [-0.3, -0.25) is 4.79 Å². The summed E-state index contributed by atoms with van der Waals surface area (Å²) in [7, 11) is -3.15. The molecule has 3 atom stereocenters. The maximum atomic E-state index is 12.1. The summed E-state index contributed by atoms with van der Waals surface area (Å²) in [4.78, 5) is 20.5. The van der Waals surface area contributed by atoms with Crippen LogP contribution in [0.15, 0.2) is 23.0 Å². The van der Waals surface area contributed by atoms with Crippen molar-refractivity contribution in [2.75, 3.05) is 6.54 Å². The highest BCUT2D eigenvalue weighted by atomic mass is 32.2. The molecule has 1 saturated heterocycles. The van der Waals surface area contributed by atoms with Gasteiger partial charge in [-0.1, -0.05) is 36.0 Å². The fraction of sp³-hybridized carbons (Fsp3) is 0.500. The van der Waals surface area contributed by atoms with E-state index in [4.69, 9.17) is 5.73 Å². The number of nitrogens with one attached hydrogen (secondary N) is 3. The number of cyclic esters (lactones) is 1. The molecular formula is C12H18N4O5S3. The van der Waals surface area contributed by atoms with E-state index in [9.17, 15) is 18.0 Å². The smallest absolute Gasteiger partial charge is 0.408 e. The predicted octanol–water partition coefficient (Wildman–Crippen LogP) is -0.0561. The van der Waals surface area contributed by atoms with Gasteiger partial charge in [0.25, 0.3) is 5.91 Å². The van der Waals surface area contributed by atoms with E-state index in [-0.39, 0.29) is 6.54 Å². The highest BCUT2D eigenvalue weighted by molar-refractivity contribution is 8.02. The van der Waals surface area contributed by atoms with Gasteiger partial charge >= 0.3 is 6.09 Å². The number of carbonyl (C=O) groups excluding carboxylic acids is 2.